The average Bonchev–Trinajstić information content (AvgIpc) is 2.29. The lowest BCUT2D eigenvalue weighted by molar-refractivity contribution is 0.314. The fraction of sp³-hybridized carbons (Fsp3) is 0.500. The Kier molecular flexibility index (Phi) is 2.46. The van der Waals surface area contributed by atoms with Crippen molar-refractivity contribution in [3.8, 4) is 5.75 Å². The van der Waals surface area contributed by atoms with Crippen LogP contribution in [0.4, 0.5) is 0 Å². The largest absolute Gasteiger partial charge is 0.493 e. The van der Waals surface area contributed by atoms with Crippen molar-refractivity contribution in [1.29, 1.82) is 0 Å². The molecule has 14 heavy (non-hydrogen) atoms. The van der Waals surface area contributed by atoms with E-state index in [-0.39, 0.29) is 6.04 Å². The predicted octanol–water partition coefficient (Wildman–Crippen LogP) is 2.48. The van der Waals surface area contributed by atoms with Gasteiger partial charge in [0.25, 0.3) is 0 Å². The molecule has 0 radical (unpaired) electrons. The zero-order chi connectivity index (χ0) is 10.1. The number of nitrogens with two attached hydrogens (primary N) is 1. The van der Waals surface area contributed by atoms with Crippen LogP contribution < -0.4 is 10.5 Å². The Morgan fingerprint density at radius 1 is 1.36 bits per heavy atom. The number of aryl methyl sites for hydroxylation is 2. The van der Waals surface area contributed by atoms with E-state index < -0.39 is 0 Å². The lowest BCUT2D eigenvalue weighted by Gasteiger charge is -2.14. The van der Waals surface area contributed by atoms with Gasteiger partial charge in [-0.1, -0.05) is 17.7 Å². The van der Waals surface area contributed by atoms with Crippen molar-refractivity contribution >= 4 is 0 Å². The summed E-state index contributed by atoms with van der Waals surface area (Å²) < 4.78 is 5.72. The second kappa shape index (κ2) is 3.62. The van der Waals surface area contributed by atoms with E-state index in [4.69, 9.17) is 10.5 Å². The fourth-order valence-electron chi connectivity index (χ4n) is 2.09. The number of benzene rings is 1. The Hall–Kier alpha value is -1.02. The van der Waals surface area contributed by atoms with Crippen molar-refractivity contribution < 1.29 is 4.74 Å². The molecule has 2 rings (SSSR count). The predicted molar refractivity (Wildman–Crippen MR) is 57.6 cm³/mol. The Labute approximate surface area is 85.1 Å². The lowest BCUT2D eigenvalue weighted by atomic mass is 9.98. The first-order valence-electron chi connectivity index (χ1n) is 5.18. The van der Waals surface area contributed by atoms with Crippen molar-refractivity contribution in [3.05, 3.63) is 28.8 Å². The maximum atomic E-state index is 6.10. The van der Waals surface area contributed by atoms with Crippen molar-refractivity contribution in [2.45, 2.75) is 32.7 Å². The van der Waals surface area contributed by atoms with Gasteiger partial charge in [0.15, 0.2) is 0 Å². The molecule has 0 aromatic heterocycles. The summed E-state index contributed by atoms with van der Waals surface area (Å²) in [6.07, 6.45) is 2.07. The summed E-state index contributed by atoms with van der Waals surface area (Å²) in [6, 6.07) is 4.45. The van der Waals surface area contributed by atoms with E-state index in [0.29, 0.717) is 0 Å². The van der Waals surface area contributed by atoms with Gasteiger partial charge in [-0.3, -0.25) is 0 Å². The van der Waals surface area contributed by atoms with E-state index in [1.54, 1.807) is 0 Å². The van der Waals surface area contributed by atoms with Crippen LogP contribution in [0.1, 0.15) is 35.6 Å². The van der Waals surface area contributed by atoms with E-state index in [2.05, 4.69) is 26.0 Å². The molecule has 0 aliphatic carbocycles. The Morgan fingerprint density at radius 2 is 2.14 bits per heavy atom. The molecule has 0 unspecified atom stereocenters. The van der Waals surface area contributed by atoms with E-state index in [9.17, 15) is 0 Å². The summed E-state index contributed by atoms with van der Waals surface area (Å²) in [5.74, 6) is 1.01. The molecule has 1 aromatic carbocycles. The molecule has 1 aromatic rings. The second-order valence-corrected chi connectivity index (χ2v) is 4.10. The van der Waals surface area contributed by atoms with Gasteiger partial charge in [0, 0.05) is 11.6 Å². The van der Waals surface area contributed by atoms with Crippen LogP contribution in [-0.4, -0.2) is 6.61 Å². The molecule has 0 amide bonds. The van der Waals surface area contributed by atoms with Gasteiger partial charge < -0.3 is 10.5 Å². The molecule has 1 atom stereocenters. The SMILES string of the molecule is Cc1cc(C)c2c(c1)[C@@H](N)CCCO2. The zero-order valence-corrected chi connectivity index (χ0v) is 8.84. The zero-order valence-electron chi connectivity index (χ0n) is 8.84. The van der Waals surface area contributed by atoms with Gasteiger partial charge in [0.2, 0.25) is 0 Å². The van der Waals surface area contributed by atoms with Gasteiger partial charge in [0.1, 0.15) is 5.75 Å². The summed E-state index contributed by atoms with van der Waals surface area (Å²) in [5, 5.41) is 0. The summed E-state index contributed by atoms with van der Waals surface area (Å²) in [6.45, 7) is 4.99. The molecule has 2 heteroatoms. The van der Waals surface area contributed by atoms with Crippen LogP contribution in [0.25, 0.3) is 0 Å². The average molecular weight is 191 g/mol. The number of fused-ring (bicyclic) bond motifs is 1. The minimum Gasteiger partial charge on any atom is -0.493 e. The molecule has 76 valence electrons. The molecule has 0 fully saturated rings. The van der Waals surface area contributed by atoms with Crippen LogP contribution in [0.2, 0.25) is 0 Å². The first kappa shape index (κ1) is 9.53. The van der Waals surface area contributed by atoms with Crippen LogP contribution in [0.3, 0.4) is 0 Å². The van der Waals surface area contributed by atoms with Crippen molar-refractivity contribution in [2.75, 3.05) is 6.61 Å². The summed E-state index contributed by atoms with van der Waals surface area (Å²) in [7, 11) is 0. The fourth-order valence-corrected chi connectivity index (χ4v) is 2.09. The van der Waals surface area contributed by atoms with Gasteiger partial charge in [0.05, 0.1) is 6.61 Å². The summed E-state index contributed by atoms with van der Waals surface area (Å²) in [5.41, 5.74) is 9.76. The highest BCUT2D eigenvalue weighted by Gasteiger charge is 2.18. The highest BCUT2D eigenvalue weighted by molar-refractivity contribution is 5.45. The van der Waals surface area contributed by atoms with E-state index in [0.717, 1.165) is 25.2 Å². The number of hydrogen-bond donors (Lipinski definition) is 1. The summed E-state index contributed by atoms with van der Waals surface area (Å²) >= 11 is 0. The molecule has 0 spiro atoms. The molecule has 0 saturated heterocycles. The Morgan fingerprint density at radius 3 is 2.93 bits per heavy atom. The molecule has 2 nitrogen and oxygen atoms in total. The van der Waals surface area contributed by atoms with Gasteiger partial charge in [-0.05, 0) is 32.3 Å². The standard InChI is InChI=1S/C12H17NO/c1-8-6-9(2)12-10(7-8)11(13)4-3-5-14-12/h6-7,11H,3-5,13H2,1-2H3/t11-/m0/s1. The number of hydrogen-bond acceptors (Lipinski definition) is 2. The molecule has 2 N–H and O–H groups in total. The highest BCUT2D eigenvalue weighted by atomic mass is 16.5. The number of rotatable bonds is 0. The quantitative estimate of drug-likeness (QED) is 0.683. The van der Waals surface area contributed by atoms with Crippen LogP contribution in [0.5, 0.6) is 5.75 Å². The van der Waals surface area contributed by atoms with Crippen LogP contribution in [-0.2, 0) is 0 Å². The van der Waals surface area contributed by atoms with Crippen LogP contribution in [0.15, 0.2) is 12.1 Å². The smallest absolute Gasteiger partial charge is 0.126 e. The molecule has 0 saturated carbocycles. The van der Waals surface area contributed by atoms with Gasteiger partial charge in [-0.15, -0.1) is 0 Å². The molecular formula is C12H17NO. The molecule has 0 bridgehead atoms. The van der Waals surface area contributed by atoms with Gasteiger partial charge in [-0.2, -0.15) is 0 Å². The molecule has 1 aliphatic rings. The second-order valence-electron chi connectivity index (χ2n) is 4.10. The topological polar surface area (TPSA) is 35.2 Å². The van der Waals surface area contributed by atoms with Crippen molar-refractivity contribution in [1.82, 2.24) is 0 Å². The molecular weight excluding hydrogens is 174 g/mol. The highest BCUT2D eigenvalue weighted by Crippen LogP contribution is 2.33. The van der Waals surface area contributed by atoms with Gasteiger partial charge in [-0.25, -0.2) is 0 Å². The van der Waals surface area contributed by atoms with Gasteiger partial charge >= 0.3 is 0 Å². The minimum atomic E-state index is 0.145. The van der Waals surface area contributed by atoms with Crippen LogP contribution in [0, 0.1) is 13.8 Å². The van der Waals surface area contributed by atoms with E-state index in [1.807, 2.05) is 0 Å². The maximum absolute atomic E-state index is 6.10. The first-order valence-corrected chi connectivity index (χ1v) is 5.18. The monoisotopic (exact) mass is 191 g/mol. The third kappa shape index (κ3) is 1.62. The Balaban J connectivity index is 2.53. The number of ether oxygens (including phenoxy) is 1. The van der Waals surface area contributed by atoms with E-state index >= 15 is 0 Å². The maximum Gasteiger partial charge on any atom is 0.126 e. The van der Waals surface area contributed by atoms with E-state index in [1.165, 1.54) is 16.7 Å². The third-order valence-electron chi connectivity index (χ3n) is 2.75. The third-order valence-corrected chi connectivity index (χ3v) is 2.75. The summed E-state index contributed by atoms with van der Waals surface area (Å²) in [4.78, 5) is 0. The molecule has 1 heterocycles. The van der Waals surface area contributed by atoms with Crippen molar-refractivity contribution in [3.63, 3.8) is 0 Å². The lowest BCUT2D eigenvalue weighted by Crippen LogP contribution is -2.09. The normalized spacial score (nSPS) is 20.9. The minimum absolute atomic E-state index is 0.145. The molecule has 1 aliphatic heterocycles. The van der Waals surface area contributed by atoms with Crippen molar-refractivity contribution in [2.24, 2.45) is 5.73 Å². The first-order chi connectivity index (χ1) is 6.68. The van der Waals surface area contributed by atoms with Crippen LogP contribution >= 0.6 is 0 Å². The Bertz CT molecular complexity index is 346.